The molecular formula is C18H28N4O3. The van der Waals surface area contributed by atoms with Crippen molar-refractivity contribution >= 4 is 6.03 Å². The first-order valence-electron chi connectivity index (χ1n) is 9.08. The van der Waals surface area contributed by atoms with Crippen LogP contribution in [0, 0.1) is 0 Å². The number of pyridine rings is 1. The van der Waals surface area contributed by atoms with E-state index in [0.29, 0.717) is 26.3 Å². The Hall–Kier alpha value is -1.70. The summed E-state index contributed by atoms with van der Waals surface area (Å²) in [4.78, 5) is 18.1. The molecule has 3 rings (SSSR count). The highest BCUT2D eigenvalue weighted by atomic mass is 16.6. The van der Waals surface area contributed by atoms with Crippen molar-refractivity contribution in [3.8, 4) is 0 Å². The Labute approximate surface area is 149 Å². The fourth-order valence-electron chi connectivity index (χ4n) is 3.56. The summed E-state index contributed by atoms with van der Waals surface area (Å²) in [6.45, 7) is 6.99. The first kappa shape index (κ1) is 18.1. The number of carbonyl (C=O) groups is 1. The molecule has 25 heavy (non-hydrogen) atoms. The standard InChI is InChI=1S/C18H28N4O3/c1-2-20-17(23)21-11-16-5-6-18(25-16)13-22(8-9-24-14-18)12-15-4-3-7-19-10-15/h3-4,7,10,16H,2,5-6,8-9,11-14H2,1H3,(H2,20,21,23)/t16-,18-/m0/s1. The minimum atomic E-state index is -0.272. The van der Waals surface area contributed by atoms with E-state index in [1.54, 1.807) is 6.20 Å². The average Bonchev–Trinajstić information content (AvgIpc) is 2.90. The third-order valence-electron chi connectivity index (χ3n) is 4.72. The molecule has 0 saturated carbocycles. The molecule has 2 N–H and O–H groups in total. The van der Waals surface area contributed by atoms with Crippen LogP contribution in [0.5, 0.6) is 0 Å². The zero-order chi connectivity index (χ0) is 17.5. The number of hydrogen-bond acceptors (Lipinski definition) is 5. The fraction of sp³-hybridized carbons (Fsp3) is 0.667. The van der Waals surface area contributed by atoms with Gasteiger partial charge in [0.15, 0.2) is 0 Å². The second kappa shape index (κ2) is 8.60. The van der Waals surface area contributed by atoms with Crippen LogP contribution in [0.4, 0.5) is 4.79 Å². The number of carbonyl (C=O) groups excluding carboxylic acids is 1. The van der Waals surface area contributed by atoms with Gasteiger partial charge in [0, 0.05) is 45.1 Å². The fourth-order valence-corrected chi connectivity index (χ4v) is 3.56. The number of urea groups is 1. The molecule has 2 aliphatic rings. The van der Waals surface area contributed by atoms with Crippen molar-refractivity contribution in [2.75, 3.05) is 39.4 Å². The number of ether oxygens (including phenoxy) is 2. The number of nitrogens with one attached hydrogen (secondary N) is 2. The van der Waals surface area contributed by atoms with Crippen molar-refractivity contribution in [1.29, 1.82) is 0 Å². The maximum atomic E-state index is 11.6. The smallest absolute Gasteiger partial charge is 0.314 e. The predicted octanol–water partition coefficient (Wildman–Crippen LogP) is 1.15. The molecule has 2 fully saturated rings. The lowest BCUT2D eigenvalue weighted by Gasteiger charge is -2.32. The highest BCUT2D eigenvalue weighted by Gasteiger charge is 2.43. The SMILES string of the molecule is CCNC(=O)NC[C@@H]1CC[C@]2(COCCN(Cc3cccnc3)C2)O1. The largest absolute Gasteiger partial charge is 0.377 e. The third-order valence-corrected chi connectivity index (χ3v) is 4.72. The second-order valence-corrected chi connectivity index (χ2v) is 6.83. The van der Waals surface area contributed by atoms with Crippen LogP contribution < -0.4 is 10.6 Å². The molecule has 0 aromatic carbocycles. The van der Waals surface area contributed by atoms with Gasteiger partial charge in [-0.15, -0.1) is 0 Å². The highest BCUT2D eigenvalue weighted by molar-refractivity contribution is 5.73. The van der Waals surface area contributed by atoms with E-state index < -0.39 is 0 Å². The summed E-state index contributed by atoms with van der Waals surface area (Å²) in [6, 6.07) is 3.93. The maximum Gasteiger partial charge on any atom is 0.314 e. The zero-order valence-corrected chi connectivity index (χ0v) is 14.9. The maximum absolute atomic E-state index is 11.6. The van der Waals surface area contributed by atoms with E-state index in [1.165, 1.54) is 5.56 Å². The van der Waals surface area contributed by atoms with E-state index in [-0.39, 0.29) is 17.7 Å². The molecule has 7 nitrogen and oxygen atoms in total. The molecule has 2 aliphatic heterocycles. The third kappa shape index (κ3) is 5.14. The average molecular weight is 348 g/mol. The van der Waals surface area contributed by atoms with Crippen LogP contribution in [-0.4, -0.2) is 67.0 Å². The van der Waals surface area contributed by atoms with E-state index in [1.807, 2.05) is 19.2 Å². The molecule has 0 bridgehead atoms. The summed E-state index contributed by atoms with van der Waals surface area (Å²) in [6.07, 6.45) is 5.65. The van der Waals surface area contributed by atoms with Gasteiger partial charge in [-0.05, 0) is 31.4 Å². The number of amides is 2. The summed E-state index contributed by atoms with van der Waals surface area (Å²) in [7, 11) is 0. The van der Waals surface area contributed by atoms with E-state index in [4.69, 9.17) is 9.47 Å². The van der Waals surface area contributed by atoms with Gasteiger partial charge in [-0.25, -0.2) is 4.79 Å². The number of nitrogens with zero attached hydrogens (tertiary/aromatic N) is 2. The van der Waals surface area contributed by atoms with E-state index in [9.17, 15) is 4.79 Å². The molecule has 2 atom stereocenters. The minimum absolute atomic E-state index is 0.0459. The number of hydrogen-bond donors (Lipinski definition) is 2. The van der Waals surface area contributed by atoms with Crippen molar-refractivity contribution in [2.45, 2.75) is 38.0 Å². The molecule has 3 heterocycles. The van der Waals surface area contributed by atoms with E-state index in [2.05, 4.69) is 26.6 Å². The van der Waals surface area contributed by atoms with Crippen LogP contribution in [0.15, 0.2) is 24.5 Å². The van der Waals surface area contributed by atoms with E-state index >= 15 is 0 Å². The van der Waals surface area contributed by atoms with Crippen molar-refractivity contribution < 1.29 is 14.3 Å². The van der Waals surface area contributed by atoms with Crippen molar-refractivity contribution in [3.05, 3.63) is 30.1 Å². The van der Waals surface area contributed by atoms with Gasteiger partial charge in [0.2, 0.25) is 0 Å². The van der Waals surface area contributed by atoms with Crippen LogP contribution in [0.1, 0.15) is 25.3 Å². The topological polar surface area (TPSA) is 75.7 Å². The first-order valence-corrected chi connectivity index (χ1v) is 9.08. The normalized spacial score (nSPS) is 27.2. The Morgan fingerprint density at radius 3 is 3.20 bits per heavy atom. The van der Waals surface area contributed by atoms with Crippen LogP contribution in [0.3, 0.4) is 0 Å². The molecule has 1 aromatic rings. The Balaban J connectivity index is 1.54. The van der Waals surface area contributed by atoms with Gasteiger partial charge in [-0.3, -0.25) is 9.88 Å². The number of aromatic nitrogens is 1. The van der Waals surface area contributed by atoms with Gasteiger partial charge in [-0.2, -0.15) is 0 Å². The summed E-state index contributed by atoms with van der Waals surface area (Å²) in [5.74, 6) is 0. The van der Waals surface area contributed by atoms with Gasteiger partial charge in [0.1, 0.15) is 5.60 Å². The van der Waals surface area contributed by atoms with Crippen LogP contribution >= 0.6 is 0 Å². The predicted molar refractivity (Wildman–Crippen MR) is 94.2 cm³/mol. The van der Waals surface area contributed by atoms with Crippen molar-refractivity contribution in [2.24, 2.45) is 0 Å². The summed E-state index contributed by atoms with van der Waals surface area (Å²) >= 11 is 0. The molecular weight excluding hydrogens is 320 g/mol. The van der Waals surface area contributed by atoms with Gasteiger partial charge in [0.05, 0.1) is 19.3 Å². The Kier molecular flexibility index (Phi) is 6.23. The van der Waals surface area contributed by atoms with Crippen LogP contribution in [0.25, 0.3) is 0 Å². The summed E-state index contributed by atoms with van der Waals surface area (Å²) in [5.41, 5.74) is 0.929. The lowest BCUT2D eigenvalue weighted by atomic mass is 10.00. The minimum Gasteiger partial charge on any atom is -0.377 e. The molecule has 0 unspecified atom stereocenters. The van der Waals surface area contributed by atoms with Crippen molar-refractivity contribution in [1.82, 2.24) is 20.5 Å². The molecule has 0 aliphatic carbocycles. The molecule has 1 aromatic heterocycles. The van der Waals surface area contributed by atoms with Crippen LogP contribution in [0.2, 0.25) is 0 Å². The molecule has 1 spiro atoms. The van der Waals surface area contributed by atoms with E-state index in [0.717, 1.165) is 32.5 Å². The monoisotopic (exact) mass is 348 g/mol. The van der Waals surface area contributed by atoms with Crippen LogP contribution in [-0.2, 0) is 16.0 Å². The van der Waals surface area contributed by atoms with Gasteiger partial charge >= 0.3 is 6.03 Å². The Bertz CT molecular complexity index is 557. The molecule has 2 amide bonds. The first-order chi connectivity index (χ1) is 12.2. The quantitative estimate of drug-likeness (QED) is 0.835. The molecule has 7 heteroatoms. The molecule has 0 radical (unpaired) electrons. The van der Waals surface area contributed by atoms with Gasteiger partial charge in [-0.1, -0.05) is 6.07 Å². The summed E-state index contributed by atoms with van der Waals surface area (Å²) < 4.78 is 12.2. The van der Waals surface area contributed by atoms with Gasteiger partial charge < -0.3 is 20.1 Å². The number of rotatable bonds is 5. The Morgan fingerprint density at radius 1 is 1.48 bits per heavy atom. The van der Waals surface area contributed by atoms with Gasteiger partial charge in [0.25, 0.3) is 0 Å². The Morgan fingerprint density at radius 2 is 2.40 bits per heavy atom. The lowest BCUT2D eigenvalue weighted by Crippen LogP contribution is -2.46. The van der Waals surface area contributed by atoms with Crippen molar-refractivity contribution in [3.63, 3.8) is 0 Å². The molecule has 138 valence electrons. The lowest BCUT2D eigenvalue weighted by molar-refractivity contribution is -0.0847. The molecule has 2 saturated heterocycles. The summed E-state index contributed by atoms with van der Waals surface area (Å²) in [5, 5.41) is 5.62. The highest BCUT2D eigenvalue weighted by Crippen LogP contribution is 2.33. The zero-order valence-electron chi connectivity index (χ0n) is 14.9. The second-order valence-electron chi connectivity index (χ2n) is 6.83.